The average molecular weight is 672 g/mol. The molecule has 0 aromatic heterocycles. The second kappa shape index (κ2) is 18.3. The Bertz CT molecular complexity index is 1200. The van der Waals surface area contributed by atoms with Gasteiger partial charge in [-0.05, 0) is 89.1 Å². The summed E-state index contributed by atoms with van der Waals surface area (Å²) in [7, 11) is -2.30. The second-order valence-corrected chi connectivity index (χ2v) is 21.1. The Kier molecular flexibility index (Phi) is 16.5. The third kappa shape index (κ3) is 15.5. The molecule has 0 unspecified atom stereocenters. The lowest BCUT2D eigenvalue weighted by Gasteiger charge is -2.40. The fourth-order valence-electron chi connectivity index (χ4n) is 5.30. The number of amides is 1. The molecule has 6 atom stereocenters. The van der Waals surface area contributed by atoms with Crippen molar-refractivity contribution in [3.8, 4) is 0 Å². The topological polar surface area (TPSA) is 93.1 Å². The highest BCUT2D eigenvalue weighted by Crippen LogP contribution is 2.38. The number of nitrogens with zero attached hydrogens (tertiary/aromatic N) is 1. The number of rotatable bonds is 18. The maximum absolute atomic E-state index is 13.4. The van der Waals surface area contributed by atoms with Gasteiger partial charge in [-0.15, -0.1) is 0 Å². The molecule has 0 radical (unpaired) electrons. The van der Waals surface area contributed by atoms with Gasteiger partial charge < -0.3 is 19.2 Å². The zero-order valence-corrected chi connectivity index (χ0v) is 32.7. The summed E-state index contributed by atoms with van der Waals surface area (Å²) in [4.78, 5) is 40.9. The lowest BCUT2D eigenvalue weighted by molar-refractivity contribution is -0.119. The monoisotopic (exact) mass is 671 g/mol. The number of carbonyl (C=O) groups excluding carboxylic acids is 3. The van der Waals surface area contributed by atoms with Crippen molar-refractivity contribution < 1.29 is 28.7 Å². The fraction of sp³-hybridized carbons (Fsp3) is 0.667. The Labute approximate surface area is 287 Å². The fourth-order valence-corrected chi connectivity index (χ4v) is 6.57. The first-order chi connectivity index (χ1) is 21.4. The van der Waals surface area contributed by atoms with Gasteiger partial charge in [-0.25, -0.2) is 4.79 Å². The number of carbonyl (C=O) groups is 3. The van der Waals surface area contributed by atoms with Crippen LogP contribution in [0.25, 0.3) is 0 Å². The van der Waals surface area contributed by atoms with Crippen LogP contribution in [0.15, 0.2) is 54.6 Å². The van der Waals surface area contributed by atoms with Crippen molar-refractivity contribution in [1.29, 1.82) is 0 Å². The van der Waals surface area contributed by atoms with Crippen LogP contribution >= 0.6 is 0 Å². The quantitative estimate of drug-likeness (QED) is 0.0950. The lowest BCUT2D eigenvalue weighted by atomic mass is 9.91. The Morgan fingerprint density at radius 2 is 1.53 bits per heavy atom. The third-order valence-electron chi connectivity index (χ3n) is 8.91. The van der Waals surface area contributed by atoms with E-state index in [1.54, 1.807) is 17.1 Å². The summed E-state index contributed by atoms with van der Waals surface area (Å²) in [6, 6.07) is 9.66. The number of ketones is 2. The molecule has 1 aromatic carbocycles. The van der Waals surface area contributed by atoms with Crippen molar-refractivity contribution in [3.05, 3.63) is 60.2 Å². The van der Waals surface area contributed by atoms with E-state index in [9.17, 15) is 19.5 Å². The molecule has 0 aliphatic rings. The molecule has 0 saturated heterocycles. The number of aliphatic hydroxyl groups is 1. The standard InChI is InChI=1S/C39H65NO6Si/c1-27(2)22-33(41)24-28(3)25-35(43)36(46-47(13,14)39(10,11)12)21-20-34(42)30(5)23-29(4)26-40(37(44)45-38(7,8)9)31(6)32-18-16-15-17-19-32/h15-21,28-31,35-36,43H,1,22-26H2,2-14H3/b21-20+/t28-,29-,30+,31+,35-,36+/m0/s1. The van der Waals surface area contributed by atoms with Crippen LogP contribution in [0.4, 0.5) is 4.79 Å². The molecule has 1 N–H and O–H groups in total. The molecule has 1 aromatic rings. The highest BCUT2D eigenvalue weighted by molar-refractivity contribution is 6.74. The predicted molar refractivity (Wildman–Crippen MR) is 196 cm³/mol. The normalized spacial score (nSPS) is 16.6. The molecular weight excluding hydrogens is 607 g/mol. The van der Waals surface area contributed by atoms with Crippen molar-refractivity contribution in [3.63, 3.8) is 0 Å². The number of ether oxygens (including phenoxy) is 1. The zero-order chi connectivity index (χ0) is 36.3. The Morgan fingerprint density at radius 3 is 2.04 bits per heavy atom. The second-order valence-electron chi connectivity index (χ2n) is 16.4. The van der Waals surface area contributed by atoms with E-state index in [1.807, 2.05) is 85.7 Å². The van der Waals surface area contributed by atoms with Gasteiger partial charge in [0.15, 0.2) is 14.1 Å². The van der Waals surface area contributed by atoms with Gasteiger partial charge >= 0.3 is 6.09 Å². The number of benzene rings is 1. The van der Waals surface area contributed by atoms with Gasteiger partial charge in [-0.2, -0.15) is 0 Å². The summed E-state index contributed by atoms with van der Waals surface area (Å²) >= 11 is 0. The van der Waals surface area contributed by atoms with Crippen LogP contribution in [0.3, 0.4) is 0 Å². The molecule has 0 aliphatic heterocycles. The van der Waals surface area contributed by atoms with Gasteiger partial charge in [0.2, 0.25) is 0 Å². The van der Waals surface area contributed by atoms with Crippen LogP contribution in [0.1, 0.15) is 113 Å². The van der Waals surface area contributed by atoms with Gasteiger partial charge in [-0.3, -0.25) is 9.59 Å². The molecule has 0 spiro atoms. The predicted octanol–water partition coefficient (Wildman–Crippen LogP) is 9.48. The van der Waals surface area contributed by atoms with Crippen molar-refractivity contribution in [1.82, 2.24) is 4.90 Å². The van der Waals surface area contributed by atoms with Crippen molar-refractivity contribution in [2.45, 2.75) is 144 Å². The minimum Gasteiger partial charge on any atom is -0.444 e. The smallest absolute Gasteiger partial charge is 0.410 e. The Morgan fingerprint density at radius 1 is 0.957 bits per heavy atom. The molecular formula is C39H65NO6Si. The first-order valence-corrected chi connectivity index (χ1v) is 20.1. The Balaban J connectivity index is 3.09. The van der Waals surface area contributed by atoms with E-state index in [0.717, 1.165) is 11.1 Å². The minimum absolute atomic E-state index is 0.0171. The summed E-state index contributed by atoms with van der Waals surface area (Å²) in [5.41, 5.74) is 1.21. The van der Waals surface area contributed by atoms with E-state index in [1.165, 1.54) is 0 Å². The average Bonchev–Trinajstić information content (AvgIpc) is 2.91. The van der Waals surface area contributed by atoms with E-state index < -0.39 is 26.1 Å². The van der Waals surface area contributed by atoms with Crippen LogP contribution in [-0.2, 0) is 18.8 Å². The number of Topliss-reactive ketones (excluding diaryl/α,β-unsaturated/α-hetero) is 1. The lowest BCUT2D eigenvalue weighted by Crippen LogP contribution is -2.46. The number of hydrogen-bond donors (Lipinski definition) is 1. The molecule has 47 heavy (non-hydrogen) atoms. The summed E-state index contributed by atoms with van der Waals surface area (Å²) in [6.45, 7) is 30.2. The van der Waals surface area contributed by atoms with Crippen molar-refractivity contribution >= 4 is 26.0 Å². The van der Waals surface area contributed by atoms with Crippen molar-refractivity contribution in [2.75, 3.05) is 6.54 Å². The maximum atomic E-state index is 13.4. The van der Waals surface area contributed by atoms with Crippen molar-refractivity contribution in [2.24, 2.45) is 17.8 Å². The largest absolute Gasteiger partial charge is 0.444 e. The van der Waals surface area contributed by atoms with Crippen LogP contribution < -0.4 is 0 Å². The molecule has 0 saturated carbocycles. The maximum Gasteiger partial charge on any atom is 0.410 e. The molecule has 0 bridgehead atoms. The number of allylic oxidation sites excluding steroid dienone is 2. The molecule has 266 valence electrons. The molecule has 0 heterocycles. The summed E-state index contributed by atoms with van der Waals surface area (Å²) in [5.74, 6) is -0.285. The summed E-state index contributed by atoms with van der Waals surface area (Å²) < 4.78 is 12.4. The molecule has 7 nitrogen and oxygen atoms in total. The van der Waals surface area contributed by atoms with Crippen LogP contribution in [0, 0.1) is 17.8 Å². The van der Waals surface area contributed by atoms with E-state index in [2.05, 4.69) is 40.4 Å². The van der Waals surface area contributed by atoms with Gasteiger partial charge in [0.1, 0.15) is 11.4 Å². The van der Waals surface area contributed by atoms with Crippen LogP contribution in [-0.4, -0.2) is 60.3 Å². The molecule has 1 amide bonds. The molecule has 0 aliphatic carbocycles. The van der Waals surface area contributed by atoms with E-state index in [0.29, 0.717) is 32.2 Å². The molecule has 1 rings (SSSR count). The summed E-state index contributed by atoms with van der Waals surface area (Å²) in [5, 5.41) is 11.2. The highest BCUT2D eigenvalue weighted by Gasteiger charge is 2.40. The van der Waals surface area contributed by atoms with Gasteiger partial charge in [-0.1, -0.05) is 90.1 Å². The SMILES string of the molecule is C=C(C)CC(=O)C[C@H](C)C[C@H](O)[C@@H](/C=C/C(=O)[C@H](C)C[C@H](C)CN(C(=O)OC(C)(C)C)[C@H](C)c1ccccc1)O[Si](C)(C)C(C)(C)C. The van der Waals surface area contributed by atoms with E-state index >= 15 is 0 Å². The minimum atomic E-state index is -2.30. The molecule has 0 fully saturated rings. The van der Waals surface area contributed by atoms with E-state index in [4.69, 9.17) is 9.16 Å². The van der Waals surface area contributed by atoms with E-state index in [-0.39, 0.29) is 46.5 Å². The van der Waals surface area contributed by atoms with Gasteiger partial charge in [0.05, 0.1) is 18.2 Å². The third-order valence-corrected chi connectivity index (χ3v) is 13.4. The summed E-state index contributed by atoms with van der Waals surface area (Å²) in [6.07, 6.45) is 3.00. The van der Waals surface area contributed by atoms with Gasteiger partial charge in [0, 0.05) is 25.3 Å². The first kappa shape index (κ1) is 42.5. The van der Waals surface area contributed by atoms with Crippen LogP contribution in [0.5, 0.6) is 0 Å². The highest BCUT2D eigenvalue weighted by atomic mass is 28.4. The first-order valence-electron chi connectivity index (χ1n) is 17.2. The number of aliphatic hydroxyl groups excluding tert-OH is 1. The van der Waals surface area contributed by atoms with Crippen LogP contribution in [0.2, 0.25) is 18.1 Å². The Hall–Kier alpha value is -2.55. The van der Waals surface area contributed by atoms with Gasteiger partial charge in [0.25, 0.3) is 0 Å². The zero-order valence-electron chi connectivity index (χ0n) is 31.7. The molecule has 8 heteroatoms. The number of hydrogen-bond acceptors (Lipinski definition) is 6.